The maximum Gasteiger partial charge on any atom is 0.305 e. The van der Waals surface area contributed by atoms with Gasteiger partial charge in [0.25, 0.3) is 0 Å². The Kier molecular flexibility index (Phi) is 6.67. The van der Waals surface area contributed by atoms with Crippen molar-refractivity contribution < 1.29 is 24.2 Å². The van der Waals surface area contributed by atoms with E-state index in [1.807, 2.05) is 37.3 Å². The number of amides is 2. The summed E-state index contributed by atoms with van der Waals surface area (Å²) in [6.45, 7) is 3.67. The molecular weight excluding hydrogens is 360 g/mol. The first-order valence-electron chi connectivity index (χ1n) is 9.91. The van der Waals surface area contributed by atoms with E-state index >= 15 is 0 Å². The van der Waals surface area contributed by atoms with Crippen LogP contribution < -0.4 is 0 Å². The Bertz CT molecular complexity index is 702. The molecule has 2 amide bonds. The SMILES string of the molecule is CC(c1ccccc1)N1CC(C(=O)N(CCC(=O)O)C2CCOCC2)CC1=O. The fourth-order valence-electron chi connectivity index (χ4n) is 4.10. The molecule has 7 nitrogen and oxygen atoms in total. The maximum absolute atomic E-state index is 13.2. The topological polar surface area (TPSA) is 87.2 Å². The van der Waals surface area contributed by atoms with Crippen molar-refractivity contribution in [2.24, 2.45) is 5.92 Å². The molecular formula is C21H28N2O5. The van der Waals surface area contributed by atoms with Crippen LogP contribution in [0.5, 0.6) is 0 Å². The molecule has 7 heteroatoms. The lowest BCUT2D eigenvalue weighted by atomic mass is 10.0. The van der Waals surface area contributed by atoms with Gasteiger partial charge in [0.1, 0.15) is 0 Å². The second-order valence-electron chi connectivity index (χ2n) is 7.55. The van der Waals surface area contributed by atoms with Crippen LogP contribution in [0, 0.1) is 5.92 Å². The van der Waals surface area contributed by atoms with Crippen molar-refractivity contribution in [3.63, 3.8) is 0 Å². The summed E-state index contributed by atoms with van der Waals surface area (Å²) in [5.41, 5.74) is 1.04. The molecule has 2 unspecified atom stereocenters. The van der Waals surface area contributed by atoms with Crippen molar-refractivity contribution >= 4 is 17.8 Å². The molecule has 2 aliphatic heterocycles. The van der Waals surface area contributed by atoms with Gasteiger partial charge in [-0.2, -0.15) is 0 Å². The summed E-state index contributed by atoms with van der Waals surface area (Å²) in [5.74, 6) is -1.48. The monoisotopic (exact) mass is 388 g/mol. The van der Waals surface area contributed by atoms with Crippen LogP contribution >= 0.6 is 0 Å². The highest BCUT2D eigenvalue weighted by atomic mass is 16.5. The van der Waals surface area contributed by atoms with Crippen LogP contribution in [-0.4, -0.2) is 65.0 Å². The van der Waals surface area contributed by atoms with Gasteiger partial charge in [-0.15, -0.1) is 0 Å². The van der Waals surface area contributed by atoms with E-state index in [0.29, 0.717) is 32.6 Å². The van der Waals surface area contributed by atoms with Crippen LogP contribution in [0.3, 0.4) is 0 Å². The number of hydrogen-bond donors (Lipinski definition) is 1. The molecule has 0 aromatic heterocycles. The number of carboxylic acids is 1. The Morgan fingerprint density at radius 3 is 2.57 bits per heavy atom. The summed E-state index contributed by atoms with van der Waals surface area (Å²) in [5, 5.41) is 9.07. The molecule has 0 saturated carbocycles. The second kappa shape index (κ2) is 9.19. The van der Waals surface area contributed by atoms with Gasteiger partial charge >= 0.3 is 5.97 Å². The van der Waals surface area contributed by atoms with Gasteiger partial charge in [0.2, 0.25) is 11.8 Å². The minimum atomic E-state index is -0.924. The molecule has 0 aliphatic carbocycles. The first-order valence-corrected chi connectivity index (χ1v) is 9.91. The third-order valence-corrected chi connectivity index (χ3v) is 5.74. The molecule has 0 radical (unpaired) electrons. The second-order valence-corrected chi connectivity index (χ2v) is 7.55. The highest BCUT2D eigenvalue weighted by molar-refractivity contribution is 5.89. The van der Waals surface area contributed by atoms with Crippen molar-refractivity contribution in [2.45, 2.75) is 44.7 Å². The first-order chi connectivity index (χ1) is 13.5. The Balaban J connectivity index is 1.70. The number of nitrogens with zero attached hydrogens (tertiary/aromatic N) is 2. The van der Waals surface area contributed by atoms with E-state index < -0.39 is 11.9 Å². The zero-order chi connectivity index (χ0) is 20.1. The van der Waals surface area contributed by atoms with Gasteiger partial charge in [-0.1, -0.05) is 30.3 Å². The number of carbonyl (C=O) groups is 3. The largest absolute Gasteiger partial charge is 0.481 e. The van der Waals surface area contributed by atoms with E-state index in [0.717, 1.165) is 5.56 Å². The molecule has 2 saturated heterocycles. The Labute approximate surface area is 165 Å². The zero-order valence-corrected chi connectivity index (χ0v) is 16.3. The van der Waals surface area contributed by atoms with Crippen molar-refractivity contribution in [2.75, 3.05) is 26.3 Å². The summed E-state index contributed by atoms with van der Waals surface area (Å²) in [6, 6.07) is 9.66. The highest BCUT2D eigenvalue weighted by Gasteiger charge is 2.40. The molecule has 1 aromatic rings. The van der Waals surface area contributed by atoms with Crippen LogP contribution in [-0.2, 0) is 19.1 Å². The van der Waals surface area contributed by atoms with Gasteiger partial charge in [0, 0.05) is 38.8 Å². The predicted octanol–water partition coefficient (Wildman–Crippen LogP) is 2.08. The van der Waals surface area contributed by atoms with E-state index in [4.69, 9.17) is 9.84 Å². The van der Waals surface area contributed by atoms with Gasteiger partial charge in [0.15, 0.2) is 0 Å². The van der Waals surface area contributed by atoms with Crippen molar-refractivity contribution in [3.05, 3.63) is 35.9 Å². The minimum absolute atomic E-state index is 0.0173. The number of rotatable bonds is 7. The Morgan fingerprint density at radius 1 is 1.25 bits per heavy atom. The average molecular weight is 388 g/mol. The molecule has 28 heavy (non-hydrogen) atoms. The fourth-order valence-corrected chi connectivity index (χ4v) is 4.10. The van der Waals surface area contributed by atoms with E-state index in [9.17, 15) is 14.4 Å². The summed E-state index contributed by atoms with van der Waals surface area (Å²) < 4.78 is 5.38. The molecule has 3 rings (SSSR count). The van der Waals surface area contributed by atoms with Crippen molar-refractivity contribution in [1.29, 1.82) is 0 Å². The summed E-state index contributed by atoms with van der Waals surface area (Å²) in [4.78, 5) is 40.3. The number of hydrogen-bond acceptors (Lipinski definition) is 4. The average Bonchev–Trinajstić information content (AvgIpc) is 3.10. The van der Waals surface area contributed by atoms with Crippen LogP contribution in [0.1, 0.15) is 44.2 Å². The third-order valence-electron chi connectivity index (χ3n) is 5.74. The summed E-state index contributed by atoms with van der Waals surface area (Å²) in [6.07, 6.45) is 1.50. The van der Waals surface area contributed by atoms with E-state index in [-0.39, 0.29) is 43.3 Å². The molecule has 2 heterocycles. The van der Waals surface area contributed by atoms with Crippen molar-refractivity contribution in [3.8, 4) is 0 Å². The van der Waals surface area contributed by atoms with Gasteiger partial charge in [-0.3, -0.25) is 14.4 Å². The summed E-state index contributed by atoms with van der Waals surface area (Å²) >= 11 is 0. The predicted molar refractivity (Wildman–Crippen MR) is 102 cm³/mol. The van der Waals surface area contributed by atoms with Gasteiger partial charge in [0.05, 0.1) is 18.4 Å². The van der Waals surface area contributed by atoms with Crippen LogP contribution in [0.25, 0.3) is 0 Å². The third kappa shape index (κ3) is 4.70. The smallest absolute Gasteiger partial charge is 0.305 e. The quantitative estimate of drug-likeness (QED) is 0.773. The van der Waals surface area contributed by atoms with Gasteiger partial charge < -0.3 is 19.6 Å². The molecule has 2 aliphatic rings. The minimum Gasteiger partial charge on any atom is -0.481 e. The molecule has 1 N–H and O–H groups in total. The summed E-state index contributed by atoms with van der Waals surface area (Å²) in [7, 11) is 0. The highest BCUT2D eigenvalue weighted by Crippen LogP contribution is 2.30. The molecule has 2 atom stereocenters. The van der Waals surface area contributed by atoms with Crippen LogP contribution in [0.2, 0.25) is 0 Å². The van der Waals surface area contributed by atoms with E-state index in [1.165, 1.54) is 0 Å². The number of carboxylic acid groups (broad SMARTS) is 1. The molecule has 0 bridgehead atoms. The van der Waals surface area contributed by atoms with Crippen molar-refractivity contribution in [1.82, 2.24) is 9.80 Å². The Morgan fingerprint density at radius 2 is 1.93 bits per heavy atom. The van der Waals surface area contributed by atoms with Crippen LogP contribution in [0.15, 0.2) is 30.3 Å². The molecule has 2 fully saturated rings. The first kappa shape index (κ1) is 20.3. The van der Waals surface area contributed by atoms with E-state index in [2.05, 4.69) is 0 Å². The molecule has 152 valence electrons. The number of carbonyl (C=O) groups excluding carboxylic acids is 2. The van der Waals surface area contributed by atoms with E-state index in [1.54, 1.807) is 9.80 Å². The Hall–Kier alpha value is -2.41. The molecule has 0 spiro atoms. The lowest BCUT2D eigenvalue weighted by molar-refractivity contribution is -0.142. The lowest BCUT2D eigenvalue weighted by Crippen LogP contribution is -2.47. The fraction of sp³-hybridized carbons (Fsp3) is 0.571. The number of aliphatic carboxylic acids is 1. The number of likely N-dealkylation sites (tertiary alicyclic amines) is 1. The number of benzene rings is 1. The van der Waals surface area contributed by atoms with Gasteiger partial charge in [-0.05, 0) is 25.3 Å². The molecule has 1 aromatic carbocycles. The number of ether oxygens (including phenoxy) is 1. The zero-order valence-electron chi connectivity index (χ0n) is 16.3. The van der Waals surface area contributed by atoms with Gasteiger partial charge in [-0.25, -0.2) is 0 Å². The standard InChI is InChI=1S/C21H28N2O5/c1-15(16-5-3-2-4-6-16)23-14-17(13-19(23)24)21(27)22(10-7-20(25)26)18-8-11-28-12-9-18/h2-6,15,17-18H,7-14H2,1H3,(H,25,26). The van der Waals surface area contributed by atoms with Crippen LogP contribution in [0.4, 0.5) is 0 Å². The lowest BCUT2D eigenvalue weighted by Gasteiger charge is -2.35. The normalized spacial score (nSPS) is 21.5. The maximum atomic E-state index is 13.2.